The van der Waals surface area contributed by atoms with Gasteiger partial charge in [0.1, 0.15) is 15.5 Å². The molecule has 0 saturated carbocycles. The zero-order chi connectivity index (χ0) is 12.7. The highest BCUT2D eigenvalue weighted by Crippen LogP contribution is 2.36. The molecule has 5 nitrogen and oxygen atoms in total. The number of hydrogen-bond acceptors (Lipinski definition) is 5. The van der Waals surface area contributed by atoms with Gasteiger partial charge in [0.15, 0.2) is 0 Å². The van der Waals surface area contributed by atoms with E-state index in [2.05, 4.69) is 10.2 Å². The van der Waals surface area contributed by atoms with Gasteiger partial charge in [-0.1, -0.05) is 30.3 Å². The van der Waals surface area contributed by atoms with Crippen LogP contribution in [0.1, 0.15) is 15.2 Å². The molecule has 18 heavy (non-hydrogen) atoms. The van der Waals surface area contributed by atoms with Crippen molar-refractivity contribution in [2.45, 2.75) is 0 Å². The second-order valence-corrected chi connectivity index (χ2v) is 4.86. The number of ketones is 1. The number of nitrogens with zero attached hydrogens (tertiary/aromatic N) is 1. The first-order valence-electron chi connectivity index (χ1n) is 5.30. The van der Waals surface area contributed by atoms with E-state index >= 15 is 0 Å². The number of nitrogen functional groups attached to an aromatic ring is 2. The number of rotatable bonds is 2. The molecule has 0 fully saturated rings. The van der Waals surface area contributed by atoms with Crippen LogP contribution in [-0.2, 0) is 0 Å². The summed E-state index contributed by atoms with van der Waals surface area (Å²) in [4.78, 5) is 13.4. The van der Waals surface area contributed by atoms with Gasteiger partial charge in [0.2, 0.25) is 5.78 Å². The van der Waals surface area contributed by atoms with E-state index < -0.39 is 0 Å². The van der Waals surface area contributed by atoms with Gasteiger partial charge in [-0.2, -0.15) is 5.10 Å². The van der Waals surface area contributed by atoms with Crippen molar-refractivity contribution in [1.82, 2.24) is 10.2 Å². The van der Waals surface area contributed by atoms with E-state index in [0.717, 1.165) is 0 Å². The van der Waals surface area contributed by atoms with Gasteiger partial charge in [0.25, 0.3) is 0 Å². The Kier molecular flexibility index (Phi) is 2.31. The molecule has 2 aromatic heterocycles. The molecular formula is C12H10N4OS. The summed E-state index contributed by atoms with van der Waals surface area (Å²) in [5.74, 6) is 0.293. The SMILES string of the molecule is Nc1[nH]nc2sc(C(=O)c3ccccc3)c(N)c12. The minimum absolute atomic E-state index is 0.101. The summed E-state index contributed by atoms with van der Waals surface area (Å²) in [5, 5.41) is 7.30. The zero-order valence-electron chi connectivity index (χ0n) is 9.31. The molecule has 0 atom stereocenters. The molecule has 0 radical (unpaired) electrons. The van der Waals surface area contributed by atoms with Crippen LogP contribution in [0.25, 0.3) is 10.2 Å². The largest absolute Gasteiger partial charge is 0.397 e. The summed E-state index contributed by atoms with van der Waals surface area (Å²) in [6.45, 7) is 0. The first kappa shape index (κ1) is 10.8. The minimum atomic E-state index is -0.101. The number of H-pyrrole nitrogens is 1. The highest BCUT2D eigenvalue weighted by Gasteiger charge is 2.20. The third-order valence-electron chi connectivity index (χ3n) is 2.72. The third-order valence-corrected chi connectivity index (χ3v) is 3.81. The maximum atomic E-state index is 12.3. The lowest BCUT2D eigenvalue weighted by molar-refractivity contribution is 0.104. The standard InChI is InChI=1S/C12H10N4OS/c13-8-7-11(14)15-16-12(7)18-10(8)9(17)6-4-2-1-3-5-6/h1-5H,13H2,(H3,14,15,16). The number of anilines is 2. The van der Waals surface area contributed by atoms with Gasteiger partial charge >= 0.3 is 0 Å². The van der Waals surface area contributed by atoms with Gasteiger partial charge in [-0.3, -0.25) is 9.89 Å². The number of aromatic nitrogens is 2. The van der Waals surface area contributed by atoms with Crippen LogP contribution < -0.4 is 11.5 Å². The Morgan fingerprint density at radius 1 is 1.22 bits per heavy atom. The highest BCUT2D eigenvalue weighted by atomic mass is 32.1. The quantitative estimate of drug-likeness (QED) is 0.612. The van der Waals surface area contributed by atoms with Crippen molar-refractivity contribution < 1.29 is 4.79 Å². The molecule has 0 aliphatic carbocycles. The molecule has 5 N–H and O–H groups in total. The number of carbonyl (C=O) groups excluding carboxylic acids is 1. The van der Waals surface area contributed by atoms with E-state index in [1.165, 1.54) is 11.3 Å². The number of fused-ring (bicyclic) bond motifs is 1. The Bertz CT molecular complexity index is 729. The van der Waals surface area contributed by atoms with Gasteiger partial charge in [-0.15, -0.1) is 11.3 Å². The van der Waals surface area contributed by atoms with E-state index in [1.807, 2.05) is 18.2 Å². The van der Waals surface area contributed by atoms with Crippen LogP contribution >= 0.6 is 11.3 Å². The fourth-order valence-corrected chi connectivity index (χ4v) is 2.86. The maximum absolute atomic E-state index is 12.3. The summed E-state index contributed by atoms with van der Waals surface area (Å²) in [7, 11) is 0. The monoisotopic (exact) mass is 258 g/mol. The molecule has 3 rings (SSSR count). The second-order valence-electron chi connectivity index (χ2n) is 3.86. The Morgan fingerprint density at radius 2 is 1.94 bits per heavy atom. The molecule has 0 saturated heterocycles. The molecule has 1 aromatic carbocycles. The van der Waals surface area contributed by atoms with Gasteiger partial charge in [0, 0.05) is 5.56 Å². The molecule has 0 amide bonds. The van der Waals surface area contributed by atoms with Crippen molar-refractivity contribution >= 4 is 38.8 Å². The number of aromatic amines is 1. The number of nitrogens with one attached hydrogen (secondary N) is 1. The first-order valence-corrected chi connectivity index (χ1v) is 6.11. The van der Waals surface area contributed by atoms with E-state index in [9.17, 15) is 4.79 Å². The lowest BCUT2D eigenvalue weighted by Crippen LogP contribution is -2.02. The Balaban J connectivity index is 2.15. The van der Waals surface area contributed by atoms with Crippen LogP contribution in [0.2, 0.25) is 0 Å². The number of carbonyl (C=O) groups is 1. The summed E-state index contributed by atoms with van der Waals surface area (Å²) >= 11 is 1.25. The van der Waals surface area contributed by atoms with Gasteiger partial charge < -0.3 is 11.5 Å². The Morgan fingerprint density at radius 3 is 2.61 bits per heavy atom. The van der Waals surface area contributed by atoms with Crippen molar-refractivity contribution in [3.05, 3.63) is 40.8 Å². The molecule has 3 aromatic rings. The molecule has 0 aliphatic rings. The van der Waals surface area contributed by atoms with Crippen molar-refractivity contribution in [2.24, 2.45) is 0 Å². The summed E-state index contributed by atoms with van der Waals surface area (Å²) < 4.78 is 0. The molecule has 0 bridgehead atoms. The second kappa shape index (κ2) is 3.85. The van der Waals surface area contributed by atoms with E-state index in [-0.39, 0.29) is 5.78 Å². The molecule has 0 unspecified atom stereocenters. The lowest BCUT2D eigenvalue weighted by atomic mass is 10.1. The van der Waals surface area contributed by atoms with Gasteiger partial charge in [0.05, 0.1) is 11.1 Å². The van der Waals surface area contributed by atoms with Crippen LogP contribution in [0.4, 0.5) is 11.5 Å². The molecule has 0 aliphatic heterocycles. The van der Waals surface area contributed by atoms with Crippen LogP contribution in [0.5, 0.6) is 0 Å². The number of thiophene rings is 1. The van der Waals surface area contributed by atoms with Gasteiger partial charge in [-0.05, 0) is 0 Å². The number of nitrogens with two attached hydrogens (primary N) is 2. The lowest BCUT2D eigenvalue weighted by Gasteiger charge is -1.99. The Hall–Kier alpha value is -2.34. The number of benzene rings is 1. The van der Waals surface area contributed by atoms with E-state index in [0.29, 0.717) is 32.2 Å². The minimum Gasteiger partial charge on any atom is -0.397 e. The summed E-state index contributed by atoms with van der Waals surface area (Å²) in [6.07, 6.45) is 0. The molecular weight excluding hydrogens is 248 g/mol. The fourth-order valence-electron chi connectivity index (χ4n) is 1.83. The average molecular weight is 258 g/mol. The maximum Gasteiger partial charge on any atom is 0.205 e. The van der Waals surface area contributed by atoms with Crippen molar-refractivity contribution in [3.8, 4) is 0 Å². The normalized spacial score (nSPS) is 10.9. The molecule has 0 spiro atoms. The van der Waals surface area contributed by atoms with Crippen molar-refractivity contribution in [1.29, 1.82) is 0 Å². The topological polar surface area (TPSA) is 97.8 Å². The van der Waals surface area contributed by atoms with Crippen molar-refractivity contribution in [2.75, 3.05) is 11.5 Å². The predicted molar refractivity (Wildman–Crippen MR) is 72.7 cm³/mol. The molecule has 2 heterocycles. The zero-order valence-corrected chi connectivity index (χ0v) is 10.1. The average Bonchev–Trinajstić information content (AvgIpc) is 2.92. The first-order chi connectivity index (χ1) is 8.68. The van der Waals surface area contributed by atoms with Gasteiger partial charge in [-0.25, -0.2) is 0 Å². The third kappa shape index (κ3) is 1.46. The number of hydrogen-bond donors (Lipinski definition) is 3. The fraction of sp³-hybridized carbons (Fsp3) is 0. The van der Waals surface area contributed by atoms with Crippen molar-refractivity contribution in [3.63, 3.8) is 0 Å². The Labute approximate surface area is 106 Å². The summed E-state index contributed by atoms with van der Waals surface area (Å²) in [5.41, 5.74) is 12.7. The summed E-state index contributed by atoms with van der Waals surface area (Å²) in [6, 6.07) is 9.01. The van der Waals surface area contributed by atoms with E-state index in [4.69, 9.17) is 11.5 Å². The van der Waals surface area contributed by atoms with Crippen LogP contribution in [0.3, 0.4) is 0 Å². The van der Waals surface area contributed by atoms with Crippen LogP contribution in [0, 0.1) is 0 Å². The smallest absolute Gasteiger partial charge is 0.205 e. The predicted octanol–water partition coefficient (Wildman–Crippen LogP) is 2.02. The van der Waals surface area contributed by atoms with Crippen LogP contribution in [-0.4, -0.2) is 16.0 Å². The van der Waals surface area contributed by atoms with Crippen LogP contribution in [0.15, 0.2) is 30.3 Å². The molecule has 90 valence electrons. The highest BCUT2D eigenvalue weighted by molar-refractivity contribution is 7.21. The van der Waals surface area contributed by atoms with E-state index in [1.54, 1.807) is 12.1 Å². The molecule has 6 heteroatoms.